The molecule has 0 heterocycles. The third-order valence-corrected chi connectivity index (χ3v) is 2.94. The number of carbonyl (C=O) groups excluding carboxylic acids is 1. The summed E-state index contributed by atoms with van der Waals surface area (Å²) < 4.78 is 4.66. The molecule has 0 aliphatic heterocycles. The molecule has 0 rings (SSSR count). The van der Waals surface area contributed by atoms with E-state index >= 15 is 0 Å². The Morgan fingerprint density at radius 3 is 2.88 bits per heavy atom. The fraction of sp³-hybridized carbons (Fsp3) is 0.583. The van der Waals surface area contributed by atoms with Crippen LogP contribution in [0.4, 0.5) is 0 Å². The number of hydrogen-bond acceptors (Lipinski definition) is 4. The molecule has 0 saturated heterocycles. The maximum absolute atomic E-state index is 11.2. The second-order valence-corrected chi connectivity index (χ2v) is 4.29. The van der Waals surface area contributed by atoms with Gasteiger partial charge in [0.15, 0.2) is 0 Å². The van der Waals surface area contributed by atoms with Gasteiger partial charge in [0, 0.05) is 30.2 Å². The van der Waals surface area contributed by atoms with Crippen LogP contribution in [0.5, 0.6) is 0 Å². The zero-order chi connectivity index (χ0) is 12.2. The minimum Gasteiger partial charge on any atom is -0.466 e. The van der Waals surface area contributed by atoms with E-state index in [0.717, 1.165) is 23.6 Å². The first-order valence-corrected chi connectivity index (χ1v) is 6.58. The fourth-order valence-electron chi connectivity index (χ4n) is 1.11. The maximum atomic E-state index is 11.2. The third-order valence-electron chi connectivity index (χ3n) is 1.98. The van der Waals surface area contributed by atoms with Crippen LogP contribution in [0.3, 0.4) is 0 Å². The summed E-state index contributed by atoms with van der Waals surface area (Å²) in [6, 6.07) is 0. The normalized spacial score (nSPS) is 11.2. The van der Waals surface area contributed by atoms with E-state index in [1.54, 1.807) is 0 Å². The quantitative estimate of drug-likeness (QED) is 0.291. The summed E-state index contributed by atoms with van der Waals surface area (Å²) in [6.07, 6.45) is 4.50. The molecular formula is C12H21NO2S. The Morgan fingerprint density at radius 1 is 1.56 bits per heavy atom. The van der Waals surface area contributed by atoms with Gasteiger partial charge >= 0.3 is 5.97 Å². The zero-order valence-corrected chi connectivity index (χ0v) is 10.9. The maximum Gasteiger partial charge on any atom is 0.333 e. The molecule has 3 nitrogen and oxygen atoms in total. The lowest BCUT2D eigenvalue weighted by Crippen LogP contribution is -2.18. The van der Waals surface area contributed by atoms with Gasteiger partial charge in [0.1, 0.15) is 0 Å². The predicted octanol–water partition coefficient (Wildman–Crippen LogP) is 2.00. The Bertz CT molecular complexity index is 239. The average molecular weight is 243 g/mol. The van der Waals surface area contributed by atoms with Crippen molar-refractivity contribution >= 4 is 17.7 Å². The Hall–Kier alpha value is -0.740. The molecule has 0 aliphatic carbocycles. The highest BCUT2D eigenvalue weighted by Crippen LogP contribution is 2.02. The van der Waals surface area contributed by atoms with Crippen LogP contribution in [0.15, 0.2) is 24.3 Å². The van der Waals surface area contributed by atoms with Gasteiger partial charge in [-0.15, -0.1) is 6.58 Å². The van der Waals surface area contributed by atoms with Crippen molar-refractivity contribution in [1.29, 1.82) is 0 Å². The van der Waals surface area contributed by atoms with Crippen molar-refractivity contribution in [2.75, 3.05) is 31.7 Å². The first-order valence-electron chi connectivity index (χ1n) is 5.43. The van der Waals surface area contributed by atoms with Gasteiger partial charge in [0.05, 0.1) is 7.11 Å². The van der Waals surface area contributed by atoms with E-state index in [0.29, 0.717) is 13.0 Å². The molecule has 4 heteroatoms. The largest absolute Gasteiger partial charge is 0.466 e. The molecule has 0 aliphatic rings. The van der Waals surface area contributed by atoms with Crippen LogP contribution in [0.1, 0.15) is 13.3 Å². The van der Waals surface area contributed by atoms with Gasteiger partial charge in [-0.25, -0.2) is 4.79 Å². The second kappa shape index (κ2) is 10.8. The van der Waals surface area contributed by atoms with Crippen molar-refractivity contribution in [3.8, 4) is 0 Å². The summed E-state index contributed by atoms with van der Waals surface area (Å²) >= 11 is 1.84. The van der Waals surface area contributed by atoms with Gasteiger partial charge in [-0.1, -0.05) is 19.1 Å². The van der Waals surface area contributed by atoms with Crippen LogP contribution in [-0.4, -0.2) is 37.7 Å². The Labute approximate surface area is 102 Å². The Kier molecular flexibility index (Phi) is 10.3. The standard InChI is InChI=1S/C12H21NO2S/c1-4-9-16-10-8-13-7-6-11(5-2)12(14)15-3/h4,6,13H,1,5,7-10H2,2-3H3/b11-6-. The molecule has 0 aromatic carbocycles. The van der Waals surface area contributed by atoms with Crippen molar-refractivity contribution in [3.63, 3.8) is 0 Å². The van der Waals surface area contributed by atoms with E-state index in [2.05, 4.69) is 16.6 Å². The van der Waals surface area contributed by atoms with E-state index in [9.17, 15) is 4.79 Å². The molecule has 0 saturated carbocycles. The summed E-state index contributed by atoms with van der Waals surface area (Å²) in [5, 5.41) is 3.25. The molecule has 0 unspecified atom stereocenters. The van der Waals surface area contributed by atoms with Crippen LogP contribution in [0.25, 0.3) is 0 Å². The molecule has 0 aromatic heterocycles. The van der Waals surface area contributed by atoms with Crippen LogP contribution in [-0.2, 0) is 9.53 Å². The third kappa shape index (κ3) is 7.54. The molecule has 0 bridgehead atoms. The Morgan fingerprint density at radius 2 is 2.31 bits per heavy atom. The van der Waals surface area contributed by atoms with Gasteiger partial charge < -0.3 is 10.1 Å². The Balaban J connectivity index is 3.63. The van der Waals surface area contributed by atoms with Crippen LogP contribution < -0.4 is 5.32 Å². The summed E-state index contributed by atoms with van der Waals surface area (Å²) in [7, 11) is 1.41. The monoisotopic (exact) mass is 243 g/mol. The van der Waals surface area contributed by atoms with Crippen LogP contribution in [0, 0.1) is 0 Å². The van der Waals surface area contributed by atoms with E-state index in [-0.39, 0.29) is 5.97 Å². The summed E-state index contributed by atoms with van der Waals surface area (Å²) in [5.41, 5.74) is 0.730. The highest BCUT2D eigenvalue weighted by Gasteiger charge is 2.05. The van der Waals surface area contributed by atoms with Crippen molar-refractivity contribution in [1.82, 2.24) is 5.32 Å². The lowest BCUT2D eigenvalue weighted by Gasteiger charge is -2.03. The van der Waals surface area contributed by atoms with Crippen LogP contribution >= 0.6 is 11.8 Å². The first kappa shape index (κ1) is 15.3. The number of methoxy groups -OCH3 is 1. The van der Waals surface area contributed by atoms with Crippen molar-refractivity contribution in [2.24, 2.45) is 0 Å². The summed E-state index contributed by atoms with van der Waals surface area (Å²) in [5.74, 6) is 1.81. The van der Waals surface area contributed by atoms with Gasteiger partial charge in [0.2, 0.25) is 0 Å². The van der Waals surface area contributed by atoms with Crippen molar-refractivity contribution < 1.29 is 9.53 Å². The number of esters is 1. The number of thioether (sulfide) groups is 1. The van der Waals surface area contributed by atoms with Gasteiger partial charge in [-0.05, 0) is 6.42 Å². The molecule has 1 N–H and O–H groups in total. The average Bonchev–Trinajstić information content (AvgIpc) is 2.32. The molecule has 16 heavy (non-hydrogen) atoms. The van der Waals surface area contributed by atoms with Crippen molar-refractivity contribution in [3.05, 3.63) is 24.3 Å². The number of ether oxygens (including phenoxy) is 1. The topological polar surface area (TPSA) is 38.3 Å². The van der Waals surface area contributed by atoms with Gasteiger partial charge in [-0.3, -0.25) is 0 Å². The van der Waals surface area contributed by atoms with Gasteiger partial charge in [-0.2, -0.15) is 11.8 Å². The van der Waals surface area contributed by atoms with E-state index in [1.165, 1.54) is 7.11 Å². The smallest absolute Gasteiger partial charge is 0.333 e. The highest BCUT2D eigenvalue weighted by molar-refractivity contribution is 7.99. The molecule has 0 atom stereocenters. The van der Waals surface area contributed by atoms with Crippen LogP contribution in [0.2, 0.25) is 0 Å². The molecule has 0 aromatic rings. The minimum absolute atomic E-state index is 0.231. The van der Waals surface area contributed by atoms with Gasteiger partial charge in [0.25, 0.3) is 0 Å². The number of rotatable bonds is 9. The number of hydrogen-bond donors (Lipinski definition) is 1. The SMILES string of the molecule is C=CCSCCNC/C=C(/CC)C(=O)OC. The second-order valence-electron chi connectivity index (χ2n) is 3.14. The molecular weight excluding hydrogens is 222 g/mol. The fourth-order valence-corrected chi connectivity index (χ4v) is 1.73. The molecule has 0 radical (unpaired) electrons. The first-order chi connectivity index (χ1) is 7.76. The molecule has 92 valence electrons. The summed E-state index contributed by atoms with van der Waals surface area (Å²) in [6.45, 7) is 7.26. The molecule has 0 amide bonds. The minimum atomic E-state index is -0.231. The lowest BCUT2D eigenvalue weighted by atomic mass is 10.2. The lowest BCUT2D eigenvalue weighted by molar-refractivity contribution is -0.136. The number of nitrogens with one attached hydrogen (secondary N) is 1. The highest BCUT2D eigenvalue weighted by atomic mass is 32.2. The summed E-state index contributed by atoms with van der Waals surface area (Å²) in [4.78, 5) is 11.2. The van der Waals surface area contributed by atoms with Crippen molar-refractivity contribution in [2.45, 2.75) is 13.3 Å². The van der Waals surface area contributed by atoms with E-state index in [4.69, 9.17) is 0 Å². The van der Waals surface area contributed by atoms with E-state index in [1.807, 2.05) is 30.8 Å². The molecule has 0 fully saturated rings. The number of carbonyl (C=O) groups is 1. The zero-order valence-electron chi connectivity index (χ0n) is 10.1. The predicted molar refractivity (Wildman–Crippen MR) is 70.8 cm³/mol. The van der Waals surface area contributed by atoms with E-state index < -0.39 is 0 Å². The molecule has 0 spiro atoms.